The normalized spacial score (nSPS) is 10.4. The van der Waals surface area contributed by atoms with E-state index in [4.69, 9.17) is 20.1 Å². The quantitative estimate of drug-likeness (QED) is 0.319. The average molecular weight is 216 g/mol. The number of hydrogen-bond acceptors (Lipinski definition) is 4. The summed E-state index contributed by atoms with van der Waals surface area (Å²) in [5, 5.41) is 34.3. The van der Waals surface area contributed by atoms with Crippen LogP contribution in [0.3, 0.4) is 0 Å². The van der Waals surface area contributed by atoms with Gasteiger partial charge in [-0.05, 0) is 12.6 Å². The summed E-state index contributed by atoms with van der Waals surface area (Å²) in [6, 6.07) is 0. The monoisotopic (exact) mass is 216 g/mol. The molecule has 0 aromatic heterocycles. The lowest BCUT2D eigenvalue weighted by Gasteiger charge is -2.02. The van der Waals surface area contributed by atoms with Crippen LogP contribution in [0, 0.1) is 0 Å². The Morgan fingerprint density at radius 2 is 0.733 bits per heavy atom. The molecule has 0 saturated heterocycles. The number of unbranched alkanes of at least 4 members (excludes halogenated alkanes) is 6. The van der Waals surface area contributed by atoms with Gasteiger partial charge in [-0.1, -0.05) is 44.9 Å². The van der Waals surface area contributed by atoms with Gasteiger partial charge in [-0.15, -0.1) is 0 Å². The van der Waals surface area contributed by atoms with Crippen LogP contribution in [-0.2, 0) is 0 Å². The largest absolute Gasteiger partial charge is 0.451 e. The molecule has 0 rings (SSSR count). The number of hydrogen-bond donors (Lipinski definition) is 4. The van der Waals surface area contributed by atoms with Crippen LogP contribution in [-0.4, -0.2) is 34.3 Å². The van der Waals surface area contributed by atoms with Crippen molar-refractivity contribution in [3.63, 3.8) is 0 Å². The van der Waals surface area contributed by atoms with E-state index < -0.39 is 14.2 Å². The van der Waals surface area contributed by atoms with Crippen LogP contribution in [0.4, 0.5) is 0 Å². The van der Waals surface area contributed by atoms with Gasteiger partial charge in [0.15, 0.2) is 0 Å². The molecule has 4 nitrogen and oxygen atoms in total. The Morgan fingerprint density at radius 1 is 0.467 bits per heavy atom. The van der Waals surface area contributed by atoms with Gasteiger partial charge in [-0.3, -0.25) is 0 Å². The molecule has 0 aliphatic rings. The molecule has 0 saturated carbocycles. The molecule has 0 atom stereocenters. The van der Waals surface area contributed by atoms with Gasteiger partial charge in [0.2, 0.25) is 0 Å². The van der Waals surface area contributed by atoms with Crippen LogP contribution in [0.1, 0.15) is 44.9 Å². The van der Waals surface area contributed by atoms with Crippen molar-refractivity contribution < 1.29 is 20.1 Å². The van der Waals surface area contributed by atoms with E-state index in [0.29, 0.717) is 12.6 Å². The molecule has 0 fully saturated rings. The molecule has 88 valence electrons. The predicted molar refractivity (Wildman–Crippen MR) is 62.3 cm³/mol. The Hall–Kier alpha value is -0.0301. The van der Waals surface area contributed by atoms with Crippen molar-refractivity contribution in [2.45, 2.75) is 57.6 Å². The predicted octanol–water partition coefficient (Wildman–Crippen LogP) is 0.663. The van der Waals surface area contributed by atoms with Gasteiger partial charge in [0.05, 0.1) is 0 Å². The first-order valence-electron chi connectivity index (χ1n) is 5.85. The van der Waals surface area contributed by atoms with E-state index in [-0.39, 0.29) is 0 Å². The molecular weight excluding hydrogens is 194 g/mol. The first kappa shape index (κ1) is 15.0. The lowest BCUT2D eigenvalue weighted by molar-refractivity contribution is 0.401. The molecule has 0 spiro atoms. The first-order chi connectivity index (χ1) is 7.13. The summed E-state index contributed by atoms with van der Waals surface area (Å²) in [4.78, 5) is 0. The lowest BCUT2D eigenvalue weighted by Crippen LogP contribution is -2.09. The second-order valence-electron chi connectivity index (χ2n) is 4.01. The maximum Gasteiger partial charge on any atom is 0.451 e. The summed E-state index contributed by atoms with van der Waals surface area (Å²) < 4.78 is 0. The van der Waals surface area contributed by atoms with E-state index in [1.807, 2.05) is 0 Å². The second kappa shape index (κ2) is 10.5. The van der Waals surface area contributed by atoms with Gasteiger partial charge in [-0.25, -0.2) is 0 Å². The van der Waals surface area contributed by atoms with Gasteiger partial charge in [0.25, 0.3) is 0 Å². The fourth-order valence-electron chi connectivity index (χ4n) is 1.54. The third-order valence-corrected chi connectivity index (χ3v) is 2.42. The van der Waals surface area contributed by atoms with Gasteiger partial charge in [0.1, 0.15) is 0 Å². The van der Waals surface area contributed by atoms with Gasteiger partial charge in [0, 0.05) is 0 Å². The van der Waals surface area contributed by atoms with Gasteiger partial charge in [-0.2, -0.15) is 0 Å². The van der Waals surface area contributed by atoms with Crippen molar-refractivity contribution in [3.8, 4) is 0 Å². The molecule has 15 heavy (non-hydrogen) atoms. The Morgan fingerprint density at radius 3 is 1.00 bits per heavy atom. The minimum Gasteiger partial charge on any atom is -0.427 e. The van der Waals surface area contributed by atoms with E-state index in [9.17, 15) is 0 Å². The highest BCUT2D eigenvalue weighted by Gasteiger charge is 2.05. The van der Waals surface area contributed by atoms with Crippen molar-refractivity contribution in [3.05, 3.63) is 0 Å². The second-order valence-corrected chi connectivity index (χ2v) is 4.01. The van der Waals surface area contributed by atoms with Crippen LogP contribution in [0.15, 0.2) is 0 Å². The molecule has 0 bridgehead atoms. The lowest BCUT2D eigenvalue weighted by atomic mass is 9.83. The Kier molecular flexibility index (Phi) is 10.5. The molecule has 0 aliphatic carbocycles. The minimum absolute atomic E-state index is 0.469. The molecule has 0 unspecified atom stereocenters. The Balaban J connectivity index is 2.93. The smallest absolute Gasteiger partial charge is 0.427 e. The fourth-order valence-corrected chi connectivity index (χ4v) is 1.54. The number of rotatable bonds is 10. The van der Waals surface area contributed by atoms with Crippen molar-refractivity contribution >= 4 is 14.2 Å². The first-order valence-corrected chi connectivity index (χ1v) is 5.85. The van der Waals surface area contributed by atoms with E-state index >= 15 is 0 Å². The standard InChI is InChI=1S/C9H22B2O4/c12-10(13)8-6-4-2-1-3-5-7-9-11(14)15/h12-15H,1-9H2. The van der Waals surface area contributed by atoms with Crippen LogP contribution in [0.5, 0.6) is 0 Å². The third kappa shape index (κ3) is 14.0. The molecule has 0 aromatic rings. The molecule has 0 aliphatic heterocycles. The zero-order valence-corrected chi connectivity index (χ0v) is 9.31. The third-order valence-electron chi connectivity index (χ3n) is 2.42. The zero-order chi connectivity index (χ0) is 11.5. The summed E-state index contributed by atoms with van der Waals surface area (Å²) in [5.74, 6) is 0. The van der Waals surface area contributed by atoms with Crippen molar-refractivity contribution in [1.29, 1.82) is 0 Å². The highest BCUT2D eigenvalue weighted by Crippen LogP contribution is 2.10. The molecule has 0 heterocycles. The topological polar surface area (TPSA) is 80.9 Å². The van der Waals surface area contributed by atoms with E-state index in [2.05, 4.69) is 0 Å². The van der Waals surface area contributed by atoms with Crippen LogP contribution in [0.25, 0.3) is 0 Å². The molecular formula is C9H22B2O4. The highest BCUT2D eigenvalue weighted by atomic mass is 16.4. The molecule has 6 heteroatoms. The molecule has 4 N–H and O–H groups in total. The van der Waals surface area contributed by atoms with E-state index in [1.54, 1.807) is 0 Å². The zero-order valence-electron chi connectivity index (χ0n) is 9.31. The Bertz CT molecular complexity index is 119. The fraction of sp³-hybridized carbons (Fsp3) is 1.00. The average Bonchev–Trinajstić information content (AvgIpc) is 2.14. The van der Waals surface area contributed by atoms with Crippen LogP contribution >= 0.6 is 0 Å². The van der Waals surface area contributed by atoms with Crippen molar-refractivity contribution in [1.82, 2.24) is 0 Å². The van der Waals surface area contributed by atoms with Gasteiger partial charge >= 0.3 is 14.2 Å². The molecule has 0 aromatic carbocycles. The maximum atomic E-state index is 8.59. The molecule has 0 amide bonds. The summed E-state index contributed by atoms with van der Waals surface area (Å²) in [5.41, 5.74) is 0. The summed E-state index contributed by atoms with van der Waals surface area (Å²) >= 11 is 0. The summed E-state index contributed by atoms with van der Waals surface area (Å²) in [6.45, 7) is 0. The minimum atomic E-state index is -1.16. The maximum absolute atomic E-state index is 8.59. The SMILES string of the molecule is OB(O)CCCCCCCCCB(O)O. The van der Waals surface area contributed by atoms with Crippen LogP contribution in [0.2, 0.25) is 12.6 Å². The van der Waals surface area contributed by atoms with E-state index in [1.165, 1.54) is 0 Å². The van der Waals surface area contributed by atoms with Crippen molar-refractivity contribution in [2.75, 3.05) is 0 Å². The highest BCUT2D eigenvalue weighted by molar-refractivity contribution is 6.41. The summed E-state index contributed by atoms with van der Waals surface area (Å²) in [6.07, 6.45) is 8.14. The molecule has 0 radical (unpaired) electrons. The summed E-state index contributed by atoms with van der Waals surface area (Å²) in [7, 11) is -2.31. The van der Waals surface area contributed by atoms with Gasteiger partial charge < -0.3 is 20.1 Å². The van der Waals surface area contributed by atoms with Crippen molar-refractivity contribution in [2.24, 2.45) is 0 Å². The Labute approximate surface area is 92.6 Å². The van der Waals surface area contributed by atoms with Crippen LogP contribution < -0.4 is 0 Å². The van der Waals surface area contributed by atoms with E-state index in [0.717, 1.165) is 44.9 Å².